The van der Waals surface area contributed by atoms with Crippen molar-refractivity contribution in [2.45, 2.75) is 30.9 Å². The van der Waals surface area contributed by atoms with Crippen molar-refractivity contribution in [3.05, 3.63) is 46.1 Å². The van der Waals surface area contributed by atoms with E-state index in [1.165, 1.54) is 6.20 Å². The molecule has 2 heterocycles. The molecule has 2 aromatic heterocycles. The maximum atomic E-state index is 12.8. The molecule has 0 N–H and O–H groups in total. The standard InChI is InChI=1S/C17H17NO4S2/c1-17(2)7-11-13(12(19)8-17)16(24(3,21)22)23-15(11)14(20)10-5-4-6-18-9-10/h4-6,9H,7-8H2,1-3H3. The molecule has 126 valence electrons. The number of carbonyl (C=O) groups excluding carboxylic acids is 2. The normalized spacial score (nSPS) is 16.7. The van der Waals surface area contributed by atoms with E-state index in [4.69, 9.17) is 0 Å². The molecule has 0 aromatic carbocycles. The smallest absolute Gasteiger partial charge is 0.204 e. The third-order valence-electron chi connectivity index (χ3n) is 4.01. The van der Waals surface area contributed by atoms with Gasteiger partial charge in [-0.05, 0) is 29.5 Å². The van der Waals surface area contributed by atoms with E-state index in [0.29, 0.717) is 22.4 Å². The molecule has 1 aliphatic carbocycles. The van der Waals surface area contributed by atoms with Crippen LogP contribution >= 0.6 is 11.3 Å². The molecular formula is C17H17NO4S2. The van der Waals surface area contributed by atoms with Gasteiger partial charge in [0.2, 0.25) is 5.78 Å². The highest BCUT2D eigenvalue weighted by molar-refractivity contribution is 7.92. The first-order chi connectivity index (χ1) is 11.1. The third kappa shape index (κ3) is 2.93. The van der Waals surface area contributed by atoms with E-state index in [1.54, 1.807) is 18.3 Å². The number of carbonyl (C=O) groups is 2. The SMILES string of the molecule is CC1(C)CC(=O)c2c(S(C)(=O)=O)sc(C(=O)c3cccnc3)c2C1. The van der Waals surface area contributed by atoms with Gasteiger partial charge in [-0.1, -0.05) is 13.8 Å². The fourth-order valence-electron chi connectivity index (χ4n) is 3.03. The van der Waals surface area contributed by atoms with Gasteiger partial charge in [0.05, 0.1) is 10.4 Å². The largest absolute Gasteiger partial charge is 0.294 e. The lowest BCUT2D eigenvalue weighted by Gasteiger charge is -2.29. The third-order valence-corrected chi connectivity index (χ3v) is 7.08. The number of pyridine rings is 1. The summed E-state index contributed by atoms with van der Waals surface area (Å²) in [5.41, 5.74) is 0.867. The zero-order valence-electron chi connectivity index (χ0n) is 13.6. The van der Waals surface area contributed by atoms with Crippen LogP contribution in [0.4, 0.5) is 0 Å². The molecule has 0 saturated carbocycles. The number of ketones is 2. The zero-order chi connectivity index (χ0) is 17.7. The summed E-state index contributed by atoms with van der Waals surface area (Å²) < 4.78 is 24.2. The van der Waals surface area contributed by atoms with Crippen LogP contribution in [0, 0.1) is 5.41 Å². The van der Waals surface area contributed by atoms with Gasteiger partial charge in [0.25, 0.3) is 0 Å². The van der Waals surface area contributed by atoms with Crippen molar-refractivity contribution < 1.29 is 18.0 Å². The lowest BCUT2D eigenvalue weighted by atomic mass is 9.74. The molecule has 5 nitrogen and oxygen atoms in total. The Morgan fingerprint density at radius 3 is 2.58 bits per heavy atom. The van der Waals surface area contributed by atoms with Crippen molar-refractivity contribution in [2.75, 3.05) is 6.26 Å². The first kappa shape index (κ1) is 17.0. The molecule has 24 heavy (non-hydrogen) atoms. The summed E-state index contributed by atoms with van der Waals surface area (Å²) in [5, 5.41) is 0. The molecule has 0 fully saturated rings. The molecule has 0 spiro atoms. The Kier molecular flexibility index (Phi) is 3.96. The van der Waals surface area contributed by atoms with Gasteiger partial charge >= 0.3 is 0 Å². The van der Waals surface area contributed by atoms with Crippen molar-refractivity contribution in [1.29, 1.82) is 0 Å². The number of nitrogens with zero attached hydrogens (tertiary/aromatic N) is 1. The summed E-state index contributed by atoms with van der Waals surface area (Å²) >= 11 is 0.904. The van der Waals surface area contributed by atoms with Gasteiger partial charge in [-0.3, -0.25) is 14.6 Å². The van der Waals surface area contributed by atoms with Crippen LogP contribution in [-0.2, 0) is 16.3 Å². The summed E-state index contributed by atoms with van der Waals surface area (Å²) in [7, 11) is -3.58. The molecule has 2 aromatic rings. The average Bonchev–Trinajstić information content (AvgIpc) is 2.85. The number of fused-ring (bicyclic) bond motifs is 1. The van der Waals surface area contributed by atoms with E-state index < -0.39 is 9.84 Å². The first-order valence-electron chi connectivity index (χ1n) is 7.44. The molecule has 0 saturated heterocycles. The first-order valence-corrected chi connectivity index (χ1v) is 10.1. The molecule has 3 rings (SSSR count). The van der Waals surface area contributed by atoms with Gasteiger partial charge in [-0.15, -0.1) is 11.3 Å². The van der Waals surface area contributed by atoms with Crippen molar-refractivity contribution in [3.8, 4) is 0 Å². The number of hydrogen-bond donors (Lipinski definition) is 0. The second-order valence-corrected chi connectivity index (χ2v) is 10.1. The minimum Gasteiger partial charge on any atom is -0.294 e. The van der Waals surface area contributed by atoms with Gasteiger partial charge in [0, 0.05) is 30.6 Å². The van der Waals surface area contributed by atoms with Crippen LogP contribution in [0.1, 0.15) is 51.4 Å². The summed E-state index contributed by atoms with van der Waals surface area (Å²) in [6.45, 7) is 3.90. The lowest BCUT2D eigenvalue weighted by Crippen LogP contribution is -2.28. The Morgan fingerprint density at radius 1 is 1.29 bits per heavy atom. The highest BCUT2D eigenvalue weighted by Crippen LogP contribution is 2.43. The van der Waals surface area contributed by atoms with Crippen LogP contribution in [0.15, 0.2) is 28.7 Å². The number of hydrogen-bond acceptors (Lipinski definition) is 6. The van der Waals surface area contributed by atoms with E-state index >= 15 is 0 Å². The molecule has 0 radical (unpaired) electrons. The molecule has 0 bridgehead atoms. The van der Waals surface area contributed by atoms with Crippen LogP contribution in [0.2, 0.25) is 0 Å². The van der Waals surface area contributed by atoms with E-state index in [9.17, 15) is 18.0 Å². The minimum atomic E-state index is -3.58. The highest BCUT2D eigenvalue weighted by Gasteiger charge is 2.39. The predicted molar refractivity (Wildman–Crippen MR) is 91.5 cm³/mol. The molecular weight excluding hydrogens is 346 g/mol. The van der Waals surface area contributed by atoms with Crippen molar-refractivity contribution in [3.63, 3.8) is 0 Å². The summed E-state index contributed by atoms with van der Waals surface area (Å²) in [4.78, 5) is 29.7. The Morgan fingerprint density at radius 2 is 2.00 bits per heavy atom. The van der Waals surface area contributed by atoms with Gasteiger partial charge in [-0.2, -0.15) is 0 Å². The van der Waals surface area contributed by atoms with Crippen LogP contribution in [-0.4, -0.2) is 31.2 Å². The van der Waals surface area contributed by atoms with E-state index in [1.807, 2.05) is 13.8 Å². The molecule has 0 unspecified atom stereocenters. The van der Waals surface area contributed by atoms with E-state index in [-0.39, 0.29) is 33.2 Å². The van der Waals surface area contributed by atoms with Crippen LogP contribution in [0.3, 0.4) is 0 Å². The number of Topliss-reactive ketones (excluding diaryl/α,β-unsaturated/α-hetero) is 1. The fourth-order valence-corrected chi connectivity index (χ4v) is 5.53. The second-order valence-electron chi connectivity index (χ2n) is 6.86. The number of sulfone groups is 1. The number of thiophene rings is 1. The summed E-state index contributed by atoms with van der Waals surface area (Å²) in [5.74, 6) is -0.493. The fraction of sp³-hybridized carbons (Fsp3) is 0.353. The summed E-state index contributed by atoms with van der Waals surface area (Å²) in [6, 6.07) is 3.29. The predicted octanol–water partition coefficient (Wildman–Crippen LogP) is 2.93. The second kappa shape index (κ2) is 5.60. The van der Waals surface area contributed by atoms with Crippen molar-refractivity contribution in [1.82, 2.24) is 4.98 Å². The highest BCUT2D eigenvalue weighted by atomic mass is 32.2. The topological polar surface area (TPSA) is 81.2 Å². The lowest BCUT2D eigenvalue weighted by molar-refractivity contribution is 0.0909. The maximum absolute atomic E-state index is 12.8. The van der Waals surface area contributed by atoms with Crippen LogP contribution in [0.25, 0.3) is 0 Å². The Balaban J connectivity index is 2.25. The van der Waals surface area contributed by atoms with Crippen LogP contribution in [0.5, 0.6) is 0 Å². The van der Waals surface area contributed by atoms with Crippen molar-refractivity contribution in [2.24, 2.45) is 5.41 Å². The van der Waals surface area contributed by atoms with E-state index in [0.717, 1.165) is 17.6 Å². The Hall–Kier alpha value is -1.86. The molecule has 0 amide bonds. The van der Waals surface area contributed by atoms with Gasteiger partial charge < -0.3 is 0 Å². The van der Waals surface area contributed by atoms with Gasteiger partial charge in [0.15, 0.2) is 15.6 Å². The molecule has 0 atom stereocenters. The average molecular weight is 363 g/mol. The molecule has 0 aliphatic heterocycles. The maximum Gasteiger partial charge on any atom is 0.204 e. The van der Waals surface area contributed by atoms with E-state index in [2.05, 4.69) is 4.98 Å². The zero-order valence-corrected chi connectivity index (χ0v) is 15.3. The van der Waals surface area contributed by atoms with Crippen LogP contribution < -0.4 is 0 Å². The Labute approximate surface area is 144 Å². The number of aromatic nitrogens is 1. The minimum absolute atomic E-state index is 0.00485. The van der Waals surface area contributed by atoms with Crippen molar-refractivity contribution >= 4 is 32.7 Å². The van der Waals surface area contributed by atoms with Gasteiger partial charge in [-0.25, -0.2) is 8.42 Å². The number of rotatable bonds is 3. The monoisotopic (exact) mass is 363 g/mol. The Bertz CT molecular complexity index is 940. The summed E-state index contributed by atoms with van der Waals surface area (Å²) in [6.07, 6.45) is 4.87. The molecule has 1 aliphatic rings. The van der Waals surface area contributed by atoms with Gasteiger partial charge in [0.1, 0.15) is 4.21 Å². The molecule has 7 heteroatoms. The quantitative estimate of drug-likeness (QED) is 0.783.